The van der Waals surface area contributed by atoms with Gasteiger partial charge in [0.15, 0.2) is 8.07 Å². The lowest BCUT2D eigenvalue weighted by molar-refractivity contribution is 0.591. The highest BCUT2D eigenvalue weighted by Crippen LogP contribution is 2.55. The van der Waals surface area contributed by atoms with Crippen LogP contribution < -0.4 is 26.1 Å². The van der Waals surface area contributed by atoms with Crippen LogP contribution in [-0.4, -0.2) is 38.4 Å². The first kappa shape index (κ1) is 61.1. The molecule has 0 saturated carbocycles. The molecule has 0 bridgehead atoms. The van der Waals surface area contributed by atoms with Crippen LogP contribution in [0, 0.1) is 0 Å². The van der Waals surface area contributed by atoms with Gasteiger partial charge < -0.3 is 23.6 Å². The monoisotopic (exact) mass is 1320 g/mol. The summed E-state index contributed by atoms with van der Waals surface area (Å²) in [4.78, 5) is 5.60. The smallest absolute Gasteiger partial charge is 0.183 e. The fraction of sp³-hybridized carbons (Fsp3) is 0.181. The number of benzene rings is 12. The molecule has 12 aromatic carbocycles. The van der Waals surface area contributed by atoms with Gasteiger partial charge >= 0.3 is 0 Å². The van der Waals surface area contributed by atoms with Crippen molar-refractivity contribution in [2.45, 2.75) is 105 Å². The van der Waals surface area contributed by atoms with Crippen molar-refractivity contribution in [2.75, 3.05) is 12.4 Å². The molecule has 0 aliphatic carbocycles. The van der Waals surface area contributed by atoms with Gasteiger partial charge in [-0.2, -0.15) is 0 Å². The number of anilines is 1. The summed E-state index contributed by atoms with van der Waals surface area (Å²) in [5, 5.41) is 19.4. The standard InChI is InChI=1S/C94H82N6Si/c1-91(2,3)57-41-45-76-67(52-57)61-27-14-20-33-72(61)97(76)87-84(56-40-49-82-71(51-56)85-83(39-26-50-96-85)101(82)80-37-24-18-31-65(80)66-32-19-25-38-81(66)101)88(98-73-34-21-15-28-62(73)68-53-58(92(4,5)6)42-46-77(68)98)90(100-75-36-23-17-30-64(75)70-55-60(94(10,11)12)44-48-79(70)100)86(95-13)89(87)99-74-35-22-16-29-63(74)69-54-59(93(7,8)9)43-47-78(69)99/h14-55,95H,1-13H3. The Labute approximate surface area is 591 Å². The van der Waals surface area contributed by atoms with Gasteiger partial charge in [0.1, 0.15) is 0 Å². The predicted octanol–water partition coefficient (Wildman–Crippen LogP) is 21.7. The molecular formula is C94H82N6Si. The maximum atomic E-state index is 5.60. The van der Waals surface area contributed by atoms with Crippen LogP contribution >= 0.6 is 0 Å². The minimum absolute atomic E-state index is 0.111. The van der Waals surface area contributed by atoms with Crippen LogP contribution in [0.4, 0.5) is 5.69 Å². The molecule has 0 radical (unpaired) electrons. The Bertz CT molecular complexity index is 6090. The van der Waals surface area contributed by atoms with Crippen molar-refractivity contribution in [1.82, 2.24) is 23.3 Å². The van der Waals surface area contributed by atoms with Gasteiger partial charge in [-0.3, -0.25) is 4.98 Å². The first-order valence-corrected chi connectivity index (χ1v) is 38.0. The Kier molecular flexibility index (Phi) is 12.9. The second kappa shape index (κ2) is 21.3. The van der Waals surface area contributed by atoms with Crippen LogP contribution in [-0.2, 0) is 21.7 Å². The Balaban J connectivity index is 1.12. The molecule has 0 amide bonds. The predicted molar refractivity (Wildman–Crippen MR) is 433 cm³/mol. The van der Waals surface area contributed by atoms with Gasteiger partial charge in [0.05, 0.1) is 78.3 Å². The van der Waals surface area contributed by atoms with E-state index in [4.69, 9.17) is 4.98 Å². The third-order valence-electron chi connectivity index (χ3n) is 22.8. The summed E-state index contributed by atoms with van der Waals surface area (Å²) in [7, 11) is -0.794. The number of fused-ring (bicyclic) bond motifs is 22. The lowest BCUT2D eigenvalue weighted by Crippen LogP contribution is -2.70. The number of para-hydroxylation sites is 4. The second-order valence-corrected chi connectivity index (χ2v) is 36.4. The number of nitrogens with one attached hydrogen (secondary N) is 1. The quantitative estimate of drug-likeness (QED) is 0.169. The molecule has 7 heterocycles. The van der Waals surface area contributed by atoms with E-state index >= 15 is 0 Å². The summed E-state index contributed by atoms with van der Waals surface area (Å²) in [6.45, 7) is 28.1. The van der Waals surface area contributed by atoms with Crippen LogP contribution in [0.3, 0.4) is 0 Å². The first-order valence-electron chi connectivity index (χ1n) is 36.0. The molecule has 7 heteroatoms. The van der Waals surface area contributed by atoms with Gasteiger partial charge in [0.25, 0.3) is 0 Å². The van der Waals surface area contributed by atoms with Crippen molar-refractivity contribution in [1.29, 1.82) is 0 Å². The van der Waals surface area contributed by atoms with Gasteiger partial charge in [-0.05, 0) is 166 Å². The van der Waals surface area contributed by atoms with E-state index in [1.807, 2.05) is 6.20 Å². The third kappa shape index (κ3) is 8.53. The SMILES string of the molecule is CNc1c(-n2c3ccccc3c3cc(C(C)(C)C)ccc32)c(-n2c3ccccc3c3cc(C(C)(C)C)ccc32)c(-c2ccc3c(c2)-c2ncccc2[Si]32c3ccccc3-c3ccccc32)c(-n2c3ccccc3c3cc(C(C)(C)C)ccc32)c1-n1c2ccccc2c2cc(C(C)(C)C)ccc21. The molecule has 1 N–H and O–H groups in total. The van der Waals surface area contributed by atoms with Crippen molar-refractivity contribution < 1.29 is 0 Å². The number of aromatic nitrogens is 5. The molecule has 17 aromatic rings. The minimum atomic E-state index is -2.97. The maximum absolute atomic E-state index is 5.60. The van der Waals surface area contributed by atoms with Crippen molar-refractivity contribution >= 4 is 122 Å². The van der Waals surface area contributed by atoms with E-state index in [9.17, 15) is 0 Å². The molecule has 0 unspecified atom stereocenters. The molecule has 0 saturated heterocycles. The fourth-order valence-corrected chi connectivity index (χ4v) is 23.4. The minimum Gasteiger partial charge on any atom is -0.385 e. The second-order valence-electron chi connectivity index (χ2n) is 32.7. The van der Waals surface area contributed by atoms with Gasteiger partial charge in [-0.15, -0.1) is 0 Å². The van der Waals surface area contributed by atoms with Gasteiger partial charge in [-0.25, -0.2) is 0 Å². The fourth-order valence-electron chi connectivity index (χ4n) is 17.9. The number of nitrogens with zero attached hydrogens (tertiary/aromatic N) is 5. The molecule has 2 aliphatic rings. The molecule has 101 heavy (non-hydrogen) atoms. The molecule has 5 aromatic heterocycles. The summed E-state index contributed by atoms with van der Waals surface area (Å²) in [6.07, 6.45) is 2.03. The maximum Gasteiger partial charge on any atom is 0.183 e. The van der Waals surface area contributed by atoms with Crippen LogP contribution in [0.2, 0.25) is 0 Å². The molecule has 19 rings (SSSR count). The highest BCUT2D eigenvalue weighted by molar-refractivity contribution is 7.24. The highest BCUT2D eigenvalue weighted by atomic mass is 28.3. The Morgan fingerprint density at radius 2 is 0.604 bits per heavy atom. The average Bonchev–Trinajstić information content (AvgIpc) is 1.53. The molecule has 0 fully saturated rings. The Morgan fingerprint density at radius 1 is 0.287 bits per heavy atom. The summed E-state index contributed by atoms with van der Waals surface area (Å²) >= 11 is 0. The van der Waals surface area contributed by atoms with E-state index in [0.29, 0.717) is 0 Å². The average molecular weight is 1320 g/mol. The lowest BCUT2D eigenvalue weighted by atomic mass is 9.86. The largest absolute Gasteiger partial charge is 0.385 e. The zero-order chi connectivity index (χ0) is 69.1. The van der Waals surface area contributed by atoms with Gasteiger partial charge in [0.2, 0.25) is 0 Å². The zero-order valence-corrected chi connectivity index (χ0v) is 61.0. The first-order chi connectivity index (χ1) is 48.6. The topological polar surface area (TPSA) is 44.6 Å². The number of hydrogen-bond donors (Lipinski definition) is 1. The van der Waals surface area contributed by atoms with E-state index in [1.165, 1.54) is 103 Å². The number of rotatable bonds is 6. The molecule has 6 nitrogen and oxygen atoms in total. The van der Waals surface area contributed by atoms with Crippen LogP contribution in [0.25, 0.3) is 143 Å². The van der Waals surface area contributed by atoms with Crippen LogP contribution in [0.15, 0.2) is 255 Å². The van der Waals surface area contributed by atoms with Crippen LogP contribution in [0.5, 0.6) is 0 Å². The van der Waals surface area contributed by atoms with Crippen molar-refractivity contribution in [2.24, 2.45) is 0 Å². The van der Waals surface area contributed by atoms with E-state index in [2.05, 4.69) is 362 Å². The Morgan fingerprint density at radius 3 is 0.970 bits per heavy atom. The summed E-state index contributed by atoms with van der Waals surface area (Å²) in [6, 6.07) is 96.7. The lowest BCUT2D eigenvalue weighted by Gasteiger charge is -2.31. The number of pyridine rings is 1. The van der Waals surface area contributed by atoms with E-state index in [0.717, 1.165) is 89.4 Å². The number of hydrogen-bond acceptors (Lipinski definition) is 2. The molecule has 1 spiro atoms. The van der Waals surface area contributed by atoms with Crippen LogP contribution in [0.1, 0.15) is 105 Å². The van der Waals surface area contributed by atoms with E-state index in [-0.39, 0.29) is 21.7 Å². The summed E-state index contributed by atoms with van der Waals surface area (Å²) in [5.74, 6) is 0. The van der Waals surface area contributed by atoms with Gasteiger partial charge in [0, 0.05) is 67.5 Å². The zero-order valence-electron chi connectivity index (χ0n) is 60.0. The Hall–Kier alpha value is -11.0. The van der Waals surface area contributed by atoms with Crippen molar-refractivity contribution in [3.8, 4) is 56.3 Å². The summed E-state index contributed by atoms with van der Waals surface area (Å²) in [5.41, 5.74) is 25.9. The van der Waals surface area contributed by atoms with Gasteiger partial charge in [-0.1, -0.05) is 247 Å². The highest BCUT2D eigenvalue weighted by Gasteiger charge is 2.55. The molecule has 2 aliphatic heterocycles. The third-order valence-corrected chi connectivity index (χ3v) is 27.8. The van der Waals surface area contributed by atoms with Crippen molar-refractivity contribution in [3.05, 3.63) is 277 Å². The van der Waals surface area contributed by atoms with E-state index < -0.39 is 8.07 Å². The summed E-state index contributed by atoms with van der Waals surface area (Å²) < 4.78 is 10.6. The molecular weight excluding hydrogens is 1240 g/mol. The normalized spacial score (nSPS) is 13.7. The van der Waals surface area contributed by atoms with Crippen molar-refractivity contribution in [3.63, 3.8) is 0 Å². The molecule has 492 valence electrons. The molecule has 0 atom stereocenters. The van der Waals surface area contributed by atoms with E-state index in [1.54, 1.807) is 0 Å².